The van der Waals surface area contributed by atoms with Crippen LogP contribution in [0.5, 0.6) is 0 Å². The van der Waals surface area contributed by atoms with Crippen LogP contribution in [-0.4, -0.2) is 53.2 Å². The predicted molar refractivity (Wildman–Crippen MR) is 76.3 cm³/mol. The first-order chi connectivity index (χ1) is 10.0. The topological polar surface area (TPSA) is 79.7 Å². The van der Waals surface area contributed by atoms with Crippen LogP contribution in [0.25, 0.3) is 0 Å². The van der Waals surface area contributed by atoms with Gasteiger partial charge in [-0.3, -0.25) is 4.79 Å². The fourth-order valence-electron chi connectivity index (χ4n) is 2.33. The number of amides is 1. The van der Waals surface area contributed by atoms with Gasteiger partial charge in [0.15, 0.2) is 0 Å². The Bertz CT molecular complexity index is 511. The van der Waals surface area contributed by atoms with Crippen molar-refractivity contribution in [3.05, 3.63) is 29.6 Å². The van der Waals surface area contributed by atoms with E-state index in [1.54, 1.807) is 12.0 Å². The summed E-state index contributed by atoms with van der Waals surface area (Å²) in [6.07, 6.45) is 3.62. The standard InChI is InChI=1S/C15H20N2O4/c1-10(11-3-4-11)17(7-8-21-2)14(18)12-5-6-13(15(19)20)16-9-12/h5-6,9-11H,3-4,7-8H2,1-2H3,(H,19,20). The number of nitrogens with zero attached hydrogens (tertiary/aromatic N) is 2. The molecule has 1 aromatic heterocycles. The summed E-state index contributed by atoms with van der Waals surface area (Å²) in [5.41, 5.74) is 0.342. The zero-order valence-electron chi connectivity index (χ0n) is 12.3. The molecule has 1 N–H and O–H groups in total. The van der Waals surface area contributed by atoms with Crippen LogP contribution in [0.1, 0.15) is 40.6 Å². The molecular formula is C15H20N2O4. The molecule has 1 aliphatic carbocycles. The lowest BCUT2D eigenvalue weighted by Gasteiger charge is -2.29. The normalized spacial score (nSPS) is 15.5. The molecule has 0 aliphatic heterocycles. The van der Waals surface area contributed by atoms with Gasteiger partial charge in [-0.05, 0) is 37.8 Å². The Hall–Kier alpha value is -1.95. The van der Waals surface area contributed by atoms with Gasteiger partial charge in [0, 0.05) is 25.9 Å². The monoisotopic (exact) mass is 292 g/mol. The van der Waals surface area contributed by atoms with Crippen LogP contribution >= 0.6 is 0 Å². The summed E-state index contributed by atoms with van der Waals surface area (Å²) in [5, 5.41) is 8.83. The lowest BCUT2D eigenvalue weighted by Crippen LogP contribution is -2.42. The number of carbonyl (C=O) groups is 2. The first-order valence-corrected chi connectivity index (χ1v) is 7.04. The van der Waals surface area contributed by atoms with Crippen LogP contribution < -0.4 is 0 Å². The SMILES string of the molecule is COCCN(C(=O)c1ccc(C(=O)O)nc1)C(C)C1CC1. The smallest absolute Gasteiger partial charge is 0.354 e. The van der Waals surface area contributed by atoms with Crippen LogP contribution in [0, 0.1) is 5.92 Å². The Morgan fingerprint density at radius 1 is 1.48 bits per heavy atom. The quantitative estimate of drug-likeness (QED) is 0.827. The molecule has 1 amide bonds. The molecule has 6 heteroatoms. The minimum absolute atomic E-state index is 0.0646. The van der Waals surface area contributed by atoms with Crippen LogP contribution in [0.2, 0.25) is 0 Å². The second-order valence-electron chi connectivity index (χ2n) is 5.31. The van der Waals surface area contributed by atoms with E-state index in [-0.39, 0.29) is 17.6 Å². The van der Waals surface area contributed by atoms with Gasteiger partial charge in [0.05, 0.1) is 12.2 Å². The highest BCUT2D eigenvalue weighted by Gasteiger charge is 2.34. The molecule has 1 saturated carbocycles. The number of hydrogen-bond acceptors (Lipinski definition) is 4. The number of aromatic nitrogens is 1. The molecule has 1 atom stereocenters. The number of hydrogen-bond donors (Lipinski definition) is 1. The second-order valence-corrected chi connectivity index (χ2v) is 5.31. The minimum Gasteiger partial charge on any atom is -0.477 e. The summed E-state index contributed by atoms with van der Waals surface area (Å²) in [5.74, 6) is -0.676. The highest BCUT2D eigenvalue weighted by Crippen LogP contribution is 2.35. The number of carboxylic acid groups (broad SMARTS) is 1. The maximum absolute atomic E-state index is 12.6. The first-order valence-electron chi connectivity index (χ1n) is 7.04. The third-order valence-corrected chi connectivity index (χ3v) is 3.82. The van der Waals surface area contributed by atoms with Crippen molar-refractivity contribution in [3.63, 3.8) is 0 Å². The summed E-state index contributed by atoms with van der Waals surface area (Å²) in [6.45, 7) is 3.04. The molecule has 1 fully saturated rings. The number of carbonyl (C=O) groups excluding carboxylic acids is 1. The molecule has 1 heterocycles. The minimum atomic E-state index is -1.10. The van der Waals surface area contributed by atoms with Crippen molar-refractivity contribution in [2.45, 2.75) is 25.8 Å². The fraction of sp³-hybridized carbons (Fsp3) is 0.533. The zero-order valence-corrected chi connectivity index (χ0v) is 12.3. The lowest BCUT2D eigenvalue weighted by molar-refractivity contribution is 0.0592. The molecule has 2 rings (SSSR count). The van der Waals surface area contributed by atoms with Gasteiger partial charge in [0.2, 0.25) is 0 Å². The van der Waals surface area contributed by atoms with E-state index in [1.165, 1.54) is 18.3 Å². The Morgan fingerprint density at radius 2 is 2.19 bits per heavy atom. The molecule has 0 spiro atoms. The predicted octanol–water partition coefficient (Wildman–Crippen LogP) is 1.67. The molecule has 0 radical (unpaired) electrons. The van der Waals surface area contributed by atoms with Gasteiger partial charge in [-0.15, -0.1) is 0 Å². The largest absolute Gasteiger partial charge is 0.477 e. The van der Waals surface area contributed by atoms with Crippen molar-refractivity contribution in [3.8, 4) is 0 Å². The third kappa shape index (κ3) is 3.78. The molecule has 0 aromatic carbocycles. The Balaban J connectivity index is 2.13. The summed E-state index contributed by atoms with van der Waals surface area (Å²) >= 11 is 0. The average molecular weight is 292 g/mol. The van der Waals surface area contributed by atoms with Crippen LogP contribution in [0.15, 0.2) is 18.3 Å². The van der Waals surface area contributed by atoms with Crippen molar-refractivity contribution >= 4 is 11.9 Å². The van der Waals surface area contributed by atoms with Gasteiger partial charge in [0.25, 0.3) is 5.91 Å². The van der Waals surface area contributed by atoms with E-state index < -0.39 is 5.97 Å². The Morgan fingerprint density at radius 3 is 2.67 bits per heavy atom. The molecule has 21 heavy (non-hydrogen) atoms. The number of carboxylic acids is 1. The summed E-state index contributed by atoms with van der Waals surface area (Å²) in [6, 6.07) is 3.02. The number of aromatic carboxylic acids is 1. The van der Waals surface area contributed by atoms with Crippen LogP contribution in [-0.2, 0) is 4.74 Å². The van der Waals surface area contributed by atoms with E-state index in [9.17, 15) is 9.59 Å². The number of ether oxygens (including phenoxy) is 1. The second kappa shape index (κ2) is 6.67. The zero-order chi connectivity index (χ0) is 15.4. The van der Waals surface area contributed by atoms with Crippen molar-refractivity contribution in [1.82, 2.24) is 9.88 Å². The Kier molecular flexibility index (Phi) is 4.90. The fourth-order valence-corrected chi connectivity index (χ4v) is 2.33. The maximum atomic E-state index is 12.6. The number of rotatable bonds is 7. The van der Waals surface area contributed by atoms with Gasteiger partial charge in [-0.25, -0.2) is 9.78 Å². The number of pyridine rings is 1. The van der Waals surface area contributed by atoms with Crippen molar-refractivity contribution in [2.75, 3.05) is 20.3 Å². The third-order valence-electron chi connectivity index (χ3n) is 3.82. The van der Waals surface area contributed by atoms with E-state index in [0.717, 1.165) is 12.8 Å². The highest BCUT2D eigenvalue weighted by molar-refractivity contribution is 5.95. The molecule has 1 aliphatic rings. The van der Waals surface area contributed by atoms with Crippen LogP contribution in [0.4, 0.5) is 0 Å². The van der Waals surface area contributed by atoms with Gasteiger partial charge in [0.1, 0.15) is 5.69 Å². The van der Waals surface area contributed by atoms with Gasteiger partial charge < -0.3 is 14.7 Å². The van der Waals surface area contributed by atoms with E-state index in [0.29, 0.717) is 24.6 Å². The van der Waals surface area contributed by atoms with E-state index in [2.05, 4.69) is 4.98 Å². The first kappa shape index (κ1) is 15.4. The van der Waals surface area contributed by atoms with Crippen molar-refractivity contribution < 1.29 is 19.4 Å². The van der Waals surface area contributed by atoms with E-state index >= 15 is 0 Å². The van der Waals surface area contributed by atoms with Gasteiger partial charge >= 0.3 is 5.97 Å². The van der Waals surface area contributed by atoms with E-state index in [4.69, 9.17) is 9.84 Å². The molecule has 0 bridgehead atoms. The summed E-state index contributed by atoms with van der Waals surface area (Å²) in [7, 11) is 1.60. The van der Waals surface area contributed by atoms with Crippen molar-refractivity contribution in [1.29, 1.82) is 0 Å². The maximum Gasteiger partial charge on any atom is 0.354 e. The Labute approximate surface area is 123 Å². The summed E-state index contributed by atoms with van der Waals surface area (Å²) < 4.78 is 5.07. The average Bonchev–Trinajstić information content (AvgIpc) is 3.32. The van der Waals surface area contributed by atoms with E-state index in [1.807, 2.05) is 6.92 Å². The molecule has 6 nitrogen and oxygen atoms in total. The summed E-state index contributed by atoms with van der Waals surface area (Å²) in [4.78, 5) is 29.0. The lowest BCUT2D eigenvalue weighted by atomic mass is 10.1. The molecule has 1 unspecified atom stereocenters. The molecule has 1 aromatic rings. The van der Waals surface area contributed by atoms with Crippen molar-refractivity contribution in [2.24, 2.45) is 5.92 Å². The molecule has 0 saturated heterocycles. The van der Waals surface area contributed by atoms with Crippen LogP contribution in [0.3, 0.4) is 0 Å². The van der Waals surface area contributed by atoms with Gasteiger partial charge in [-0.2, -0.15) is 0 Å². The molecule has 114 valence electrons. The highest BCUT2D eigenvalue weighted by atomic mass is 16.5. The number of methoxy groups -OCH3 is 1. The van der Waals surface area contributed by atoms with Gasteiger partial charge in [-0.1, -0.05) is 0 Å². The molecular weight excluding hydrogens is 272 g/mol.